The van der Waals surface area contributed by atoms with Gasteiger partial charge in [0.05, 0.1) is 17.8 Å². The second kappa shape index (κ2) is 12.8. The summed E-state index contributed by atoms with van der Waals surface area (Å²) < 4.78 is 1.82. The molecule has 0 spiro atoms. The summed E-state index contributed by atoms with van der Waals surface area (Å²) in [6, 6.07) is 8.94. The minimum Gasteiger partial charge on any atom is -0.350 e. The number of carbonyl (C=O) groups excluding carboxylic acids is 3. The Morgan fingerprint density at radius 3 is 2.63 bits per heavy atom. The van der Waals surface area contributed by atoms with Gasteiger partial charge in [0.1, 0.15) is 6.04 Å². The summed E-state index contributed by atoms with van der Waals surface area (Å²) in [5.74, 6) is 0.0106. The third kappa shape index (κ3) is 6.75. The van der Waals surface area contributed by atoms with Crippen molar-refractivity contribution in [3.63, 3.8) is 0 Å². The molecule has 10 nitrogen and oxygen atoms in total. The molecule has 0 unspecified atom stereocenters. The number of likely N-dealkylation sites (N-methyl/N-ethyl adjacent to an activating group) is 1. The molecule has 3 aromatic rings. The van der Waals surface area contributed by atoms with Crippen molar-refractivity contribution >= 4 is 28.6 Å². The second-order valence-corrected chi connectivity index (χ2v) is 11.7. The van der Waals surface area contributed by atoms with Gasteiger partial charge < -0.3 is 15.1 Å². The molecule has 3 atom stereocenters. The number of likely N-dealkylation sites (tertiary alicyclic amines) is 2. The summed E-state index contributed by atoms with van der Waals surface area (Å²) in [6.07, 6.45) is 9.59. The molecule has 1 aromatic carbocycles. The first-order valence-electron chi connectivity index (χ1n) is 14.6. The van der Waals surface area contributed by atoms with Gasteiger partial charge in [0, 0.05) is 57.4 Å². The van der Waals surface area contributed by atoms with Crippen molar-refractivity contribution in [1.29, 1.82) is 0 Å². The Morgan fingerprint density at radius 1 is 1.10 bits per heavy atom. The van der Waals surface area contributed by atoms with Crippen LogP contribution < -0.4 is 5.32 Å². The lowest BCUT2D eigenvalue weighted by molar-refractivity contribution is -0.142. The summed E-state index contributed by atoms with van der Waals surface area (Å²) in [7, 11) is 5.65. The number of carbonyl (C=O) groups is 3. The summed E-state index contributed by atoms with van der Waals surface area (Å²) in [6.45, 7) is 2.48. The van der Waals surface area contributed by atoms with Gasteiger partial charge in [0.25, 0.3) is 0 Å². The number of nitrogens with zero attached hydrogens (tertiary/aromatic N) is 6. The lowest BCUT2D eigenvalue weighted by Gasteiger charge is -2.31. The van der Waals surface area contributed by atoms with Crippen LogP contribution in [-0.4, -0.2) is 93.0 Å². The Balaban J connectivity index is 1.29. The van der Waals surface area contributed by atoms with Crippen LogP contribution in [-0.2, 0) is 34.4 Å². The van der Waals surface area contributed by atoms with E-state index in [0.29, 0.717) is 32.4 Å². The molecule has 218 valence electrons. The molecule has 2 aliphatic heterocycles. The molecular weight excluding hydrogens is 518 g/mol. The van der Waals surface area contributed by atoms with Gasteiger partial charge in [-0.2, -0.15) is 5.10 Å². The average Bonchev–Trinajstić information content (AvgIpc) is 3.73. The number of hydrogen-bond acceptors (Lipinski definition) is 6. The number of nitrogens with one attached hydrogen (secondary N) is 1. The molecule has 0 radical (unpaired) electrons. The Morgan fingerprint density at radius 2 is 1.90 bits per heavy atom. The first-order valence-corrected chi connectivity index (χ1v) is 14.6. The fourth-order valence-electron chi connectivity index (χ4n) is 6.22. The summed E-state index contributed by atoms with van der Waals surface area (Å²) in [4.78, 5) is 50.2. The number of aryl methyl sites for hydroxylation is 1. The minimum absolute atomic E-state index is 0.0881. The Hall–Kier alpha value is -3.79. The van der Waals surface area contributed by atoms with Gasteiger partial charge in [-0.15, -0.1) is 0 Å². The van der Waals surface area contributed by atoms with Crippen molar-refractivity contribution in [3.05, 3.63) is 60.0 Å². The van der Waals surface area contributed by atoms with Gasteiger partial charge in [-0.25, -0.2) is 0 Å². The van der Waals surface area contributed by atoms with Crippen LogP contribution in [0.4, 0.5) is 0 Å². The molecule has 0 aliphatic carbocycles. The molecule has 2 saturated heterocycles. The quantitative estimate of drug-likeness (QED) is 0.409. The fraction of sp³-hybridized carbons (Fsp3) is 0.516. The highest BCUT2D eigenvalue weighted by Gasteiger charge is 2.42. The molecule has 1 N–H and O–H groups in total. The monoisotopic (exact) mass is 559 g/mol. The fourth-order valence-corrected chi connectivity index (χ4v) is 6.22. The summed E-state index contributed by atoms with van der Waals surface area (Å²) >= 11 is 0. The van der Waals surface area contributed by atoms with Crippen LogP contribution in [0.5, 0.6) is 0 Å². The van der Waals surface area contributed by atoms with Gasteiger partial charge in [0.15, 0.2) is 0 Å². The molecule has 2 aliphatic rings. The third-order valence-corrected chi connectivity index (χ3v) is 8.50. The van der Waals surface area contributed by atoms with Crippen LogP contribution in [0.15, 0.2) is 48.9 Å². The summed E-state index contributed by atoms with van der Waals surface area (Å²) in [5, 5.41) is 8.41. The minimum atomic E-state index is -0.567. The van der Waals surface area contributed by atoms with E-state index >= 15 is 0 Å². The van der Waals surface area contributed by atoms with Crippen molar-refractivity contribution in [3.8, 4) is 0 Å². The van der Waals surface area contributed by atoms with Crippen molar-refractivity contribution < 1.29 is 14.4 Å². The van der Waals surface area contributed by atoms with Crippen LogP contribution in [0.25, 0.3) is 10.9 Å². The molecule has 2 aromatic heterocycles. The van der Waals surface area contributed by atoms with Gasteiger partial charge in [-0.1, -0.05) is 12.1 Å². The number of hydrogen-bond donors (Lipinski definition) is 1. The molecule has 2 fully saturated rings. The van der Waals surface area contributed by atoms with Gasteiger partial charge in [-0.05, 0) is 81.4 Å². The van der Waals surface area contributed by atoms with Crippen molar-refractivity contribution in [1.82, 2.24) is 34.8 Å². The number of aromatic nitrogens is 3. The lowest BCUT2D eigenvalue weighted by Crippen LogP contribution is -2.52. The Kier molecular flexibility index (Phi) is 8.97. The summed E-state index contributed by atoms with van der Waals surface area (Å²) in [5.41, 5.74) is 3.10. The maximum absolute atomic E-state index is 14.0. The number of benzene rings is 1. The van der Waals surface area contributed by atoms with Crippen LogP contribution in [0.2, 0.25) is 0 Å². The molecule has 0 bridgehead atoms. The maximum Gasteiger partial charge on any atom is 0.243 e. The molecular formula is C31H41N7O3. The van der Waals surface area contributed by atoms with Gasteiger partial charge in [0.2, 0.25) is 17.7 Å². The molecule has 5 rings (SSSR count). The number of fused-ring (bicyclic) bond motifs is 1. The molecule has 0 saturated carbocycles. The maximum atomic E-state index is 14.0. The highest BCUT2D eigenvalue weighted by atomic mass is 16.2. The third-order valence-electron chi connectivity index (χ3n) is 8.50. The SMILES string of the molecule is CN(C)[C@H](CCC(=O)N1CCCC1)C(=O)N1C[C@H](Cc2cccnc2)C[C@H]1C(=O)NCc1ccc2c(cnn2C)c1. The second-order valence-electron chi connectivity index (χ2n) is 11.7. The van der Waals surface area contributed by atoms with E-state index < -0.39 is 12.1 Å². The predicted octanol–water partition coefficient (Wildman–Crippen LogP) is 2.38. The standard InChI is InChI=1S/C31H41N7O3/c1-35(2)27(10-11-29(39)37-13-4-5-14-37)31(41)38-21-24(15-22-7-6-12-32-18-22)17-28(38)30(40)33-19-23-8-9-26-25(16-23)20-34-36(26)3/h6-9,12,16,18,20,24,27-28H,4-5,10-11,13-15,17,19,21H2,1-3H3,(H,33,40)/t24-,27-,28+/m1/s1. The van der Waals surface area contributed by atoms with Crippen LogP contribution >= 0.6 is 0 Å². The van der Waals surface area contributed by atoms with Gasteiger partial charge >= 0.3 is 0 Å². The zero-order chi connectivity index (χ0) is 28.9. The van der Waals surface area contributed by atoms with Crippen LogP contribution in [0, 0.1) is 5.92 Å². The van der Waals surface area contributed by atoms with E-state index in [0.717, 1.165) is 54.4 Å². The molecule has 41 heavy (non-hydrogen) atoms. The highest BCUT2D eigenvalue weighted by Crippen LogP contribution is 2.29. The zero-order valence-corrected chi connectivity index (χ0v) is 24.3. The van der Waals surface area contributed by atoms with E-state index in [2.05, 4.69) is 15.4 Å². The highest BCUT2D eigenvalue weighted by molar-refractivity contribution is 5.91. The molecule has 10 heteroatoms. The Labute approximate surface area is 241 Å². The van der Waals surface area contributed by atoms with E-state index in [-0.39, 0.29) is 23.6 Å². The largest absolute Gasteiger partial charge is 0.350 e. The van der Waals surface area contributed by atoms with Crippen molar-refractivity contribution in [2.45, 2.75) is 57.2 Å². The first-order chi connectivity index (χ1) is 19.8. The molecule has 4 heterocycles. The predicted molar refractivity (Wildman–Crippen MR) is 157 cm³/mol. The van der Waals surface area contributed by atoms with E-state index in [9.17, 15) is 14.4 Å². The number of amides is 3. The average molecular weight is 560 g/mol. The van der Waals surface area contributed by atoms with Crippen LogP contribution in [0.1, 0.15) is 43.2 Å². The number of rotatable bonds is 10. The number of pyridine rings is 1. The van der Waals surface area contributed by atoms with Gasteiger partial charge in [-0.3, -0.25) is 28.9 Å². The van der Waals surface area contributed by atoms with E-state index in [4.69, 9.17) is 0 Å². The van der Waals surface area contributed by atoms with Crippen molar-refractivity contribution in [2.75, 3.05) is 33.7 Å². The smallest absolute Gasteiger partial charge is 0.243 e. The normalized spacial score (nSPS) is 19.7. The zero-order valence-electron chi connectivity index (χ0n) is 24.3. The lowest BCUT2D eigenvalue weighted by atomic mass is 9.97. The van der Waals surface area contributed by atoms with E-state index in [1.54, 1.807) is 11.1 Å². The molecule has 3 amide bonds. The van der Waals surface area contributed by atoms with Crippen LogP contribution in [0.3, 0.4) is 0 Å². The van der Waals surface area contributed by atoms with E-state index in [1.807, 2.05) is 78.4 Å². The van der Waals surface area contributed by atoms with Crippen molar-refractivity contribution in [2.24, 2.45) is 13.0 Å². The first kappa shape index (κ1) is 28.7. The Bertz CT molecular complexity index is 1370. The van der Waals surface area contributed by atoms with E-state index in [1.165, 1.54) is 0 Å². The topological polar surface area (TPSA) is 104 Å².